The lowest BCUT2D eigenvalue weighted by molar-refractivity contribution is 0.0965. The second-order valence-electron chi connectivity index (χ2n) is 7.77. The molecule has 0 saturated carbocycles. The minimum atomic E-state index is -0.493. The maximum Gasteiger partial charge on any atom is 0.251 e. The van der Waals surface area contributed by atoms with Gasteiger partial charge in [0.25, 0.3) is 5.56 Å². The highest BCUT2D eigenvalue weighted by molar-refractivity contribution is 6.27. The van der Waals surface area contributed by atoms with Gasteiger partial charge in [0.1, 0.15) is 11.4 Å². The van der Waals surface area contributed by atoms with Gasteiger partial charge in [-0.05, 0) is 31.9 Å². The second-order valence-corrected chi connectivity index (χ2v) is 7.77. The average Bonchev–Trinajstić information content (AvgIpc) is 2.79. The summed E-state index contributed by atoms with van der Waals surface area (Å²) in [5, 5.41) is 0. The van der Waals surface area contributed by atoms with Gasteiger partial charge in [-0.1, -0.05) is 81.1 Å². The van der Waals surface area contributed by atoms with E-state index in [2.05, 4.69) is 46.5 Å². The van der Waals surface area contributed by atoms with Crippen LogP contribution < -0.4 is 11.1 Å². The summed E-state index contributed by atoms with van der Waals surface area (Å²) in [6.45, 7) is 22.1. The summed E-state index contributed by atoms with van der Waals surface area (Å²) in [4.78, 5) is 51.7. The minimum Gasteiger partial charge on any atom is -0.318 e. The number of hydrogen-bond acceptors (Lipinski definition) is 4. The molecule has 0 fully saturated rings. The molecule has 0 atom stereocenters. The topological polar surface area (TPSA) is 89.0 Å². The summed E-state index contributed by atoms with van der Waals surface area (Å²) in [5.74, 6) is -0.828. The summed E-state index contributed by atoms with van der Waals surface area (Å²) in [5.41, 5.74) is 0.629. The van der Waals surface area contributed by atoms with Crippen LogP contribution in [-0.2, 0) is 6.54 Å². The van der Waals surface area contributed by atoms with E-state index in [1.165, 1.54) is 42.4 Å². The Labute approximate surface area is 205 Å². The molecule has 3 rings (SSSR count). The molecule has 1 N–H and O–H groups in total. The van der Waals surface area contributed by atoms with E-state index in [-0.39, 0.29) is 40.4 Å². The van der Waals surface area contributed by atoms with Gasteiger partial charge in [-0.25, -0.2) is 0 Å². The molecule has 0 amide bonds. The summed E-state index contributed by atoms with van der Waals surface area (Å²) < 4.78 is 1.27. The molecule has 0 saturated heterocycles. The number of carbonyl (C=O) groups is 2. The van der Waals surface area contributed by atoms with Crippen LogP contribution in [0.4, 0.5) is 0 Å². The van der Waals surface area contributed by atoms with Crippen molar-refractivity contribution in [2.45, 2.75) is 108 Å². The first-order valence-corrected chi connectivity index (χ1v) is 12.7. The van der Waals surface area contributed by atoms with Crippen molar-refractivity contribution in [3.8, 4) is 0 Å². The van der Waals surface area contributed by atoms with Crippen molar-refractivity contribution >= 4 is 11.6 Å². The van der Waals surface area contributed by atoms with Crippen molar-refractivity contribution in [2.24, 2.45) is 0 Å². The molecule has 0 bridgehead atoms. The molecule has 0 aromatic carbocycles. The minimum absolute atomic E-state index is 0.0327. The number of ketones is 2. The second kappa shape index (κ2) is 17.7. The van der Waals surface area contributed by atoms with Crippen LogP contribution in [0.1, 0.15) is 131 Å². The molecule has 6 heteroatoms. The third-order valence-electron chi connectivity index (χ3n) is 4.46. The largest absolute Gasteiger partial charge is 0.318 e. The fraction of sp³-hybridized carbons (Fsp3) is 0.571. The van der Waals surface area contributed by atoms with Crippen LogP contribution in [0.25, 0.3) is 0 Å². The van der Waals surface area contributed by atoms with Crippen LogP contribution in [0.3, 0.4) is 0 Å². The first-order valence-electron chi connectivity index (χ1n) is 12.7. The van der Waals surface area contributed by atoms with Crippen LogP contribution in [-0.4, -0.2) is 21.1 Å². The third kappa shape index (κ3) is 8.54. The quantitative estimate of drug-likeness (QED) is 0.452. The van der Waals surface area contributed by atoms with Crippen molar-refractivity contribution in [1.29, 1.82) is 0 Å². The Bertz CT molecular complexity index is 1030. The number of hydrogen-bond donors (Lipinski definition) is 1. The summed E-state index contributed by atoms with van der Waals surface area (Å²) in [6.07, 6.45) is 5.14. The fourth-order valence-electron chi connectivity index (χ4n) is 3.00. The highest BCUT2D eigenvalue weighted by Crippen LogP contribution is 2.28. The summed E-state index contributed by atoms with van der Waals surface area (Å²) in [6, 6.07) is 2.65. The number of pyridine rings is 2. The van der Waals surface area contributed by atoms with E-state index in [0.717, 1.165) is 0 Å². The smallest absolute Gasteiger partial charge is 0.251 e. The number of fused-ring (bicyclic) bond motifs is 2. The van der Waals surface area contributed by atoms with Gasteiger partial charge < -0.3 is 9.55 Å². The predicted molar refractivity (Wildman–Crippen MR) is 144 cm³/mol. The standard InChI is InChI=1S/C16H14N2O4.C4H10.2C3H8.C2H6/c1-4-18-10(20)6-8(3)12-14(18)16(22)13-11(15(12)21)7(2)5-9(19)17-13;1-3-4-2;2*1-3-2;1-2/h5-6H,4H2,1-3H3,(H,17,19);3-4H2,1-2H3;2*3H2,1-2H3;1-2H3. The molecule has 6 nitrogen and oxygen atoms in total. The van der Waals surface area contributed by atoms with E-state index in [1.54, 1.807) is 20.8 Å². The number of aryl methyl sites for hydroxylation is 2. The van der Waals surface area contributed by atoms with Crippen LogP contribution in [0.2, 0.25) is 0 Å². The molecular formula is C28H46N2O4. The highest BCUT2D eigenvalue weighted by atomic mass is 16.2. The average molecular weight is 475 g/mol. The Morgan fingerprint density at radius 1 is 0.706 bits per heavy atom. The molecule has 2 heterocycles. The molecular weight excluding hydrogens is 428 g/mol. The lowest BCUT2D eigenvalue weighted by Crippen LogP contribution is -2.35. The molecule has 0 radical (unpaired) electrons. The number of aromatic nitrogens is 2. The van der Waals surface area contributed by atoms with Crippen molar-refractivity contribution in [2.75, 3.05) is 0 Å². The van der Waals surface area contributed by atoms with Gasteiger partial charge >= 0.3 is 0 Å². The Hall–Kier alpha value is -2.76. The van der Waals surface area contributed by atoms with E-state index in [0.29, 0.717) is 11.1 Å². The Morgan fingerprint density at radius 2 is 1.15 bits per heavy atom. The van der Waals surface area contributed by atoms with Gasteiger partial charge in [0.05, 0.1) is 11.1 Å². The molecule has 1 aliphatic carbocycles. The first kappa shape index (κ1) is 33.4. The number of nitrogens with one attached hydrogen (secondary N) is 1. The van der Waals surface area contributed by atoms with Crippen LogP contribution in [0, 0.1) is 13.8 Å². The normalized spacial score (nSPS) is 10.6. The zero-order chi connectivity index (χ0) is 27.0. The maximum absolute atomic E-state index is 12.8. The first-order chi connectivity index (χ1) is 16.1. The van der Waals surface area contributed by atoms with E-state index >= 15 is 0 Å². The zero-order valence-electron chi connectivity index (χ0n) is 23.3. The molecule has 34 heavy (non-hydrogen) atoms. The van der Waals surface area contributed by atoms with Gasteiger partial charge in [-0.2, -0.15) is 0 Å². The lowest BCUT2D eigenvalue weighted by Gasteiger charge is -2.22. The molecule has 0 unspecified atom stereocenters. The van der Waals surface area contributed by atoms with E-state index in [9.17, 15) is 19.2 Å². The number of rotatable bonds is 2. The molecule has 2 aromatic heterocycles. The van der Waals surface area contributed by atoms with Crippen molar-refractivity contribution in [1.82, 2.24) is 9.55 Å². The zero-order valence-corrected chi connectivity index (χ0v) is 23.3. The van der Waals surface area contributed by atoms with Gasteiger partial charge in [-0.15, -0.1) is 0 Å². The summed E-state index contributed by atoms with van der Waals surface area (Å²) >= 11 is 0. The summed E-state index contributed by atoms with van der Waals surface area (Å²) in [7, 11) is 0. The monoisotopic (exact) mass is 474 g/mol. The van der Waals surface area contributed by atoms with Crippen molar-refractivity contribution in [3.05, 3.63) is 66.5 Å². The number of H-pyrrole nitrogens is 1. The predicted octanol–water partition coefficient (Wildman–Crippen LogP) is 6.61. The Kier molecular flexibility index (Phi) is 17.4. The number of unbranched alkanes of at least 4 members (excludes halogenated alkanes) is 1. The molecule has 1 aliphatic rings. The number of nitrogens with zero attached hydrogens (tertiary/aromatic N) is 1. The van der Waals surface area contributed by atoms with Gasteiger partial charge in [0, 0.05) is 18.7 Å². The third-order valence-corrected chi connectivity index (χ3v) is 4.46. The molecule has 0 spiro atoms. The Balaban J connectivity index is 0. The van der Waals surface area contributed by atoms with E-state index in [4.69, 9.17) is 0 Å². The highest BCUT2D eigenvalue weighted by Gasteiger charge is 2.35. The lowest BCUT2D eigenvalue weighted by atomic mass is 9.85. The van der Waals surface area contributed by atoms with Crippen molar-refractivity contribution in [3.63, 3.8) is 0 Å². The van der Waals surface area contributed by atoms with E-state index < -0.39 is 11.3 Å². The van der Waals surface area contributed by atoms with Gasteiger partial charge in [-0.3, -0.25) is 19.2 Å². The van der Waals surface area contributed by atoms with Gasteiger partial charge in [0.15, 0.2) is 5.78 Å². The maximum atomic E-state index is 12.8. The fourth-order valence-corrected chi connectivity index (χ4v) is 3.00. The number of carbonyl (C=O) groups excluding carboxylic acids is 2. The van der Waals surface area contributed by atoms with Crippen molar-refractivity contribution < 1.29 is 9.59 Å². The SMILES string of the molecule is CC.CCC.CCC.CCCC.CCn1c2c(c(C)cc1=O)C(=O)c1c(C)cc(=O)[nH]c1C2=O. The molecule has 192 valence electrons. The van der Waals surface area contributed by atoms with Crippen LogP contribution in [0.5, 0.6) is 0 Å². The Morgan fingerprint density at radius 3 is 1.56 bits per heavy atom. The number of aromatic amines is 1. The van der Waals surface area contributed by atoms with E-state index in [1.807, 2.05) is 13.8 Å². The molecule has 2 aromatic rings. The molecule has 0 aliphatic heterocycles. The van der Waals surface area contributed by atoms with Crippen LogP contribution in [0.15, 0.2) is 21.7 Å². The van der Waals surface area contributed by atoms with Crippen LogP contribution >= 0.6 is 0 Å². The van der Waals surface area contributed by atoms with Gasteiger partial charge in [0.2, 0.25) is 11.3 Å².